The number of halogens is 3. The van der Waals surface area contributed by atoms with Crippen LogP contribution >= 0.6 is 11.3 Å². The second-order valence-corrected chi connectivity index (χ2v) is 6.69. The first-order valence-electron chi connectivity index (χ1n) is 8.77. The van der Waals surface area contributed by atoms with Gasteiger partial charge in [-0.05, 0) is 24.6 Å². The highest BCUT2D eigenvalue weighted by atomic mass is 32.1. The minimum atomic E-state index is -4.55. The summed E-state index contributed by atoms with van der Waals surface area (Å²) >= 11 is 0.692. The summed E-state index contributed by atoms with van der Waals surface area (Å²) < 4.78 is 48.8. The topological polar surface area (TPSA) is 85.4 Å². The number of thiazole rings is 1. The zero-order valence-corrected chi connectivity index (χ0v) is 16.5. The number of hydrogen-bond donors (Lipinski definition) is 2. The van der Waals surface area contributed by atoms with Gasteiger partial charge in [-0.2, -0.15) is 13.2 Å². The average Bonchev–Trinajstić information content (AvgIpc) is 3.18. The summed E-state index contributed by atoms with van der Waals surface area (Å²) in [5, 5.41) is 5.48. The average molecular weight is 438 g/mol. The Bertz CT molecular complexity index is 993. The molecule has 0 aliphatic rings. The van der Waals surface area contributed by atoms with Gasteiger partial charge >= 0.3 is 12.2 Å². The Labute approximate surface area is 173 Å². The van der Waals surface area contributed by atoms with E-state index in [0.717, 1.165) is 5.38 Å². The smallest absolute Gasteiger partial charge is 0.434 e. The zero-order chi connectivity index (χ0) is 21.6. The number of urea groups is 1. The molecule has 0 atom stereocenters. The van der Waals surface area contributed by atoms with Crippen LogP contribution in [-0.4, -0.2) is 22.6 Å². The monoisotopic (exact) mass is 438 g/mol. The number of rotatable bonds is 7. The lowest BCUT2D eigenvalue weighted by Crippen LogP contribution is -2.28. The molecule has 0 spiro atoms. The van der Waals surface area contributed by atoms with E-state index in [9.17, 15) is 18.0 Å². The Morgan fingerprint density at radius 2 is 1.93 bits per heavy atom. The highest BCUT2D eigenvalue weighted by molar-refractivity contribution is 7.13. The number of carbonyl (C=O) groups excluding carboxylic acids is 1. The molecule has 0 fully saturated rings. The minimum absolute atomic E-state index is 0.117. The van der Waals surface area contributed by atoms with E-state index in [4.69, 9.17) is 9.47 Å². The quantitative estimate of drug-likeness (QED) is 0.538. The van der Waals surface area contributed by atoms with Gasteiger partial charge in [-0.3, -0.25) is 5.32 Å². The highest BCUT2D eigenvalue weighted by Gasteiger charge is 2.33. The number of pyridine rings is 1. The van der Waals surface area contributed by atoms with E-state index in [1.54, 1.807) is 24.3 Å². The molecule has 0 saturated heterocycles. The second-order valence-electron chi connectivity index (χ2n) is 5.83. The van der Waals surface area contributed by atoms with Crippen molar-refractivity contribution in [1.29, 1.82) is 0 Å². The molecule has 0 aliphatic carbocycles. The summed E-state index contributed by atoms with van der Waals surface area (Å²) in [5.74, 6) is 1.47. The van der Waals surface area contributed by atoms with Crippen molar-refractivity contribution in [2.45, 2.75) is 19.6 Å². The first-order chi connectivity index (χ1) is 14.3. The molecule has 1 aromatic carbocycles. The fourth-order valence-corrected chi connectivity index (χ4v) is 3.00. The third-order valence-corrected chi connectivity index (χ3v) is 4.39. The largest absolute Gasteiger partial charge is 0.490 e. The lowest BCUT2D eigenvalue weighted by molar-refractivity contribution is -0.140. The van der Waals surface area contributed by atoms with Gasteiger partial charge in [0, 0.05) is 24.2 Å². The van der Waals surface area contributed by atoms with Crippen molar-refractivity contribution >= 4 is 22.5 Å². The van der Waals surface area contributed by atoms with E-state index in [2.05, 4.69) is 20.6 Å². The summed E-state index contributed by atoms with van der Waals surface area (Å²) in [6.07, 6.45) is -3.03. The Morgan fingerprint density at radius 3 is 2.57 bits per heavy atom. The van der Waals surface area contributed by atoms with Crippen LogP contribution in [-0.2, 0) is 12.7 Å². The normalized spacial score (nSPS) is 11.1. The lowest BCUT2D eigenvalue weighted by Gasteiger charge is -2.11. The number of carbonyl (C=O) groups is 1. The maximum absolute atomic E-state index is 12.5. The molecule has 158 valence electrons. The van der Waals surface area contributed by atoms with E-state index in [-0.39, 0.29) is 11.7 Å². The number of hydrogen-bond acceptors (Lipinski definition) is 6. The first kappa shape index (κ1) is 21.4. The fraction of sp³-hybridized carbons (Fsp3) is 0.211. The fourth-order valence-electron chi connectivity index (χ4n) is 2.28. The van der Waals surface area contributed by atoms with Crippen molar-refractivity contribution in [3.8, 4) is 17.4 Å². The van der Waals surface area contributed by atoms with E-state index < -0.39 is 17.9 Å². The molecule has 0 radical (unpaired) electrons. The number of nitrogens with one attached hydrogen (secondary N) is 2. The molecule has 2 N–H and O–H groups in total. The highest BCUT2D eigenvalue weighted by Crippen LogP contribution is 2.32. The van der Waals surface area contributed by atoms with E-state index in [0.29, 0.717) is 40.9 Å². The van der Waals surface area contributed by atoms with Crippen molar-refractivity contribution in [3.05, 3.63) is 59.2 Å². The van der Waals surface area contributed by atoms with Crippen LogP contribution in [0.15, 0.2) is 48.0 Å². The van der Waals surface area contributed by atoms with Gasteiger partial charge in [0.2, 0.25) is 5.88 Å². The maximum Gasteiger partial charge on any atom is 0.434 e. The summed E-state index contributed by atoms with van der Waals surface area (Å²) in [4.78, 5) is 19.4. The lowest BCUT2D eigenvalue weighted by atomic mass is 10.3. The van der Waals surface area contributed by atoms with Crippen molar-refractivity contribution in [2.75, 3.05) is 11.9 Å². The molecular formula is C19H17F3N4O3S. The molecule has 2 aromatic heterocycles. The minimum Gasteiger partial charge on any atom is -0.490 e. The molecule has 30 heavy (non-hydrogen) atoms. The molecule has 0 unspecified atom stereocenters. The molecule has 0 bridgehead atoms. The van der Waals surface area contributed by atoms with Gasteiger partial charge < -0.3 is 14.8 Å². The predicted octanol–water partition coefficient (Wildman–Crippen LogP) is 5.07. The van der Waals surface area contributed by atoms with Gasteiger partial charge in [0.1, 0.15) is 0 Å². The zero-order valence-electron chi connectivity index (χ0n) is 15.7. The second kappa shape index (κ2) is 9.44. The third-order valence-electron chi connectivity index (χ3n) is 3.63. The van der Waals surface area contributed by atoms with E-state index in [1.165, 1.54) is 6.20 Å². The van der Waals surface area contributed by atoms with Gasteiger partial charge in [0.15, 0.2) is 22.3 Å². The van der Waals surface area contributed by atoms with Crippen LogP contribution in [0.25, 0.3) is 0 Å². The van der Waals surface area contributed by atoms with Gasteiger partial charge in [0.05, 0.1) is 6.61 Å². The Balaban J connectivity index is 1.52. The number of benzene rings is 1. The first-order valence-corrected chi connectivity index (χ1v) is 9.65. The predicted molar refractivity (Wildman–Crippen MR) is 105 cm³/mol. The summed E-state index contributed by atoms with van der Waals surface area (Å²) in [5.41, 5.74) is -0.376. The third kappa shape index (κ3) is 5.83. The molecular weight excluding hydrogens is 421 g/mol. The van der Waals surface area contributed by atoms with Crippen LogP contribution in [0, 0.1) is 0 Å². The van der Waals surface area contributed by atoms with Crippen LogP contribution in [0.2, 0.25) is 0 Å². The molecule has 11 heteroatoms. The number of ether oxygens (including phenoxy) is 2. The summed E-state index contributed by atoms with van der Waals surface area (Å²) in [6, 6.07) is 9.86. The molecule has 3 aromatic rings. The molecule has 0 saturated carbocycles. The van der Waals surface area contributed by atoms with Crippen molar-refractivity contribution in [2.24, 2.45) is 0 Å². The van der Waals surface area contributed by atoms with Crippen molar-refractivity contribution in [3.63, 3.8) is 0 Å². The number of para-hydroxylation sites is 2. The van der Waals surface area contributed by atoms with E-state index >= 15 is 0 Å². The van der Waals surface area contributed by atoms with Gasteiger partial charge in [-0.25, -0.2) is 14.8 Å². The summed E-state index contributed by atoms with van der Waals surface area (Å²) in [6.45, 7) is 2.49. The number of nitrogens with zero attached hydrogens (tertiary/aromatic N) is 2. The van der Waals surface area contributed by atoms with Gasteiger partial charge in [0.25, 0.3) is 0 Å². The number of amides is 2. The van der Waals surface area contributed by atoms with Crippen LogP contribution < -0.4 is 20.1 Å². The maximum atomic E-state index is 12.5. The van der Waals surface area contributed by atoms with Crippen LogP contribution in [0.3, 0.4) is 0 Å². The molecule has 7 nitrogen and oxygen atoms in total. The number of anilines is 1. The standard InChI is InChI=1S/C19H17F3N4O3S/c1-2-28-13-5-3-4-6-14(13)29-16-8-7-12(9-23-16)10-24-17(27)26-18-25-15(11-30-18)19(20,21)22/h3-9,11H,2,10H2,1H3,(H2,24,25,26,27). The van der Waals surface area contributed by atoms with Crippen LogP contribution in [0.1, 0.15) is 18.2 Å². The van der Waals surface area contributed by atoms with Crippen LogP contribution in [0.4, 0.5) is 23.1 Å². The van der Waals surface area contributed by atoms with Crippen LogP contribution in [0.5, 0.6) is 17.4 Å². The number of aromatic nitrogens is 2. The van der Waals surface area contributed by atoms with E-state index in [1.807, 2.05) is 19.1 Å². The number of alkyl halides is 3. The Hall–Kier alpha value is -3.34. The van der Waals surface area contributed by atoms with Crippen molar-refractivity contribution in [1.82, 2.24) is 15.3 Å². The van der Waals surface area contributed by atoms with Gasteiger partial charge in [-0.1, -0.05) is 18.2 Å². The van der Waals surface area contributed by atoms with Gasteiger partial charge in [-0.15, -0.1) is 11.3 Å². The summed E-state index contributed by atoms with van der Waals surface area (Å²) in [7, 11) is 0. The Kier molecular flexibility index (Phi) is 6.72. The van der Waals surface area contributed by atoms with Crippen molar-refractivity contribution < 1.29 is 27.4 Å². The molecule has 3 rings (SSSR count). The molecule has 0 aliphatic heterocycles. The Morgan fingerprint density at radius 1 is 1.17 bits per heavy atom. The molecule has 2 heterocycles. The SMILES string of the molecule is CCOc1ccccc1Oc1ccc(CNC(=O)Nc2nc(C(F)(F)F)cs2)cn1. The molecule has 2 amide bonds.